The molecule has 27 heavy (non-hydrogen) atoms. The molecule has 1 aliphatic heterocycles. The molecule has 9 nitrogen and oxygen atoms in total. The van der Waals surface area contributed by atoms with Crippen LogP contribution in [0.2, 0.25) is 4.34 Å². The van der Waals surface area contributed by atoms with E-state index in [0.29, 0.717) is 15.8 Å². The fourth-order valence-corrected chi connectivity index (χ4v) is 3.69. The molecule has 11 heteroatoms. The largest absolute Gasteiger partial charge is 0.477 e. The number of carbonyl (C=O) groups excluding carboxylic acids is 1. The van der Waals surface area contributed by atoms with E-state index in [1.807, 2.05) is 0 Å². The third-order valence-electron chi connectivity index (χ3n) is 4.05. The molecule has 0 spiro atoms. The van der Waals surface area contributed by atoms with Crippen LogP contribution in [-0.4, -0.2) is 61.1 Å². The number of nitrogens with zero attached hydrogens (tertiary/aromatic N) is 4. The van der Waals surface area contributed by atoms with Gasteiger partial charge < -0.3 is 19.6 Å². The first-order valence-electron chi connectivity index (χ1n) is 7.90. The normalized spacial score (nSPS) is 14.4. The molecule has 0 bridgehead atoms. The van der Waals surface area contributed by atoms with E-state index in [2.05, 4.69) is 10.3 Å². The van der Waals surface area contributed by atoms with Gasteiger partial charge in [0.05, 0.1) is 21.9 Å². The standard InChI is InChI=1S/C16H13ClN4O5S/c17-14-2-1-13(27-14)12-3-8(19-26-12)5-21-11(16(24)25)4-10(18-21)15(23)20-6-9(22)7-20/h1-4,9,22H,5-7H2,(H,24,25). The Balaban J connectivity index is 1.57. The molecule has 0 radical (unpaired) electrons. The molecule has 0 unspecified atom stereocenters. The molecule has 1 amide bonds. The van der Waals surface area contributed by atoms with Gasteiger partial charge in [0.25, 0.3) is 5.91 Å². The fraction of sp³-hybridized carbons (Fsp3) is 0.250. The van der Waals surface area contributed by atoms with Crippen molar-refractivity contribution in [3.8, 4) is 10.6 Å². The van der Waals surface area contributed by atoms with Crippen molar-refractivity contribution in [3.63, 3.8) is 0 Å². The minimum Gasteiger partial charge on any atom is -0.477 e. The molecule has 2 N–H and O–H groups in total. The Morgan fingerprint density at radius 3 is 2.74 bits per heavy atom. The molecule has 3 aromatic heterocycles. The lowest BCUT2D eigenvalue weighted by Gasteiger charge is -2.35. The summed E-state index contributed by atoms with van der Waals surface area (Å²) in [6, 6.07) is 6.43. The first kappa shape index (κ1) is 17.7. The Bertz CT molecular complexity index is 1020. The minimum absolute atomic E-state index is 0.00746. The average molecular weight is 409 g/mol. The van der Waals surface area contributed by atoms with E-state index in [9.17, 15) is 19.8 Å². The summed E-state index contributed by atoms with van der Waals surface area (Å²) in [5.41, 5.74) is 0.328. The highest BCUT2D eigenvalue weighted by atomic mass is 35.5. The van der Waals surface area contributed by atoms with Gasteiger partial charge in [-0.2, -0.15) is 5.10 Å². The molecule has 3 aromatic rings. The first-order valence-corrected chi connectivity index (χ1v) is 9.10. The summed E-state index contributed by atoms with van der Waals surface area (Å²) in [7, 11) is 0. The van der Waals surface area contributed by atoms with Gasteiger partial charge in [0, 0.05) is 25.2 Å². The van der Waals surface area contributed by atoms with Gasteiger partial charge in [0.2, 0.25) is 0 Å². The van der Waals surface area contributed by atoms with Crippen LogP contribution in [0, 0.1) is 0 Å². The third-order valence-corrected chi connectivity index (χ3v) is 5.30. The molecule has 1 saturated heterocycles. The number of halogens is 1. The van der Waals surface area contributed by atoms with Crippen molar-refractivity contribution < 1.29 is 24.3 Å². The van der Waals surface area contributed by atoms with Crippen LogP contribution < -0.4 is 0 Å². The topological polar surface area (TPSA) is 122 Å². The zero-order valence-corrected chi connectivity index (χ0v) is 15.3. The number of rotatable bonds is 5. The van der Waals surface area contributed by atoms with Crippen molar-refractivity contribution in [2.45, 2.75) is 12.6 Å². The second kappa shape index (κ2) is 6.80. The second-order valence-electron chi connectivity index (χ2n) is 6.03. The number of amides is 1. The van der Waals surface area contributed by atoms with Gasteiger partial charge in [-0.3, -0.25) is 9.48 Å². The molecule has 140 valence electrons. The highest BCUT2D eigenvalue weighted by molar-refractivity contribution is 7.19. The van der Waals surface area contributed by atoms with Crippen LogP contribution in [0.5, 0.6) is 0 Å². The lowest BCUT2D eigenvalue weighted by molar-refractivity contribution is 0.00545. The Kier molecular flexibility index (Phi) is 4.46. The maximum absolute atomic E-state index is 12.3. The lowest BCUT2D eigenvalue weighted by atomic mass is 10.1. The van der Waals surface area contributed by atoms with Gasteiger partial charge in [-0.25, -0.2) is 4.79 Å². The molecular weight excluding hydrogens is 396 g/mol. The highest BCUT2D eigenvalue weighted by Gasteiger charge is 2.32. The number of β-amino-alcohol motifs (C(OH)–C–C–N with tert-alkyl or cyclic N) is 1. The van der Waals surface area contributed by atoms with Crippen molar-refractivity contribution >= 4 is 34.8 Å². The number of aliphatic hydroxyl groups is 1. The molecule has 0 aromatic carbocycles. The van der Waals surface area contributed by atoms with Gasteiger partial charge in [0.1, 0.15) is 11.4 Å². The number of aromatic nitrogens is 3. The summed E-state index contributed by atoms with van der Waals surface area (Å²) in [6.07, 6.45) is -0.547. The van der Waals surface area contributed by atoms with E-state index in [0.717, 1.165) is 4.88 Å². The zero-order chi connectivity index (χ0) is 19.1. The summed E-state index contributed by atoms with van der Waals surface area (Å²) in [5, 5.41) is 26.7. The SMILES string of the molecule is O=C(O)c1cc(C(=O)N2CC(O)C2)nn1Cc1cc(-c2ccc(Cl)s2)on1. The van der Waals surface area contributed by atoms with Crippen LogP contribution in [0.3, 0.4) is 0 Å². The van der Waals surface area contributed by atoms with Gasteiger partial charge in [-0.05, 0) is 12.1 Å². The van der Waals surface area contributed by atoms with E-state index in [1.165, 1.54) is 27.0 Å². The van der Waals surface area contributed by atoms with E-state index in [1.54, 1.807) is 18.2 Å². The number of likely N-dealkylation sites (tertiary alicyclic amines) is 1. The number of carboxylic acids is 1. The summed E-state index contributed by atoms with van der Waals surface area (Å²) in [5.74, 6) is -1.12. The molecular formula is C16H13ClN4O5S. The number of carboxylic acid groups (broad SMARTS) is 1. The van der Waals surface area contributed by atoms with Gasteiger partial charge in [-0.1, -0.05) is 16.8 Å². The van der Waals surface area contributed by atoms with Crippen molar-refractivity contribution in [1.29, 1.82) is 0 Å². The molecule has 4 rings (SSSR count). The molecule has 4 heterocycles. The highest BCUT2D eigenvalue weighted by Crippen LogP contribution is 2.31. The van der Waals surface area contributed by atoms with Crippen LogP contribution >= 0.6 is 22.9 Å². The van der Waals surface area contributed by atoms with E-state index < -0.39 is 18.0 Å². The van der Waals surface area contributed by atoms with Crippen molar-refractivity contribution in [2.75, 3.05) is 13.1 Å². The zero-order valence-electron chi connectivity index (χ0n) is 13.7. The summed E-state index contributed by atoms with van der Waals surface area (Å²) in [4.78, 5) is 26.0. The van der Waals surface area contributed by atoms with Crippen molar-refractivity contribution in [1.82, 2.24) is 19.8 Å². The molecule has 0 atom stereocenters. The average Bonchev–Trinajstić information content (AvgIpc) is 3.31. The maximum atomic E-state index is 12.3. The lowest BCUT2D eigenvalue weighted by Crippen LogP contribution is -2.53. The fourth-order valence-electron chi connectivity index (χ4n) is 2.70. The molecule has 1 fully saturated rings. The predicted molar refractivity (Wildman–Crippen MR) is 95.0 cm³/mol. The predicted octanol–water partition coefficient (Wildman–Crippen LogP) is 1.82. The van der Waals surface area contributed by atoms with Crippen LogP contribution in [0.4, 0.5) is 0 Å². The summed E-state index contributed by atoms with van der Waals surface area (Å²) in [6.45, 7) is 0.453. The summed E-state index contributed by atoms with van der Waals surface area (Å²) < 4.78 is 7.08. The first-order chi connectivity index (χ1) is 12.9. The quantitative estimate of drug-likeness (QED) is 0.660. The van der Waals surface area contributed by atoms with E-state index in [4.69, 9.17) is 16.1 Å². The number of aliphatic hydroxyl groups excluding tert-OH is 1. The van der Waals surface area contributed by atoms with Crippen LogP contribution in [0.15, 0.2) is 28.8 Å². The smallest absolute Gasteiger partial charge is 0.354 e. The number of aromatic carboxylic acids is 1. The van der Waals surface area contributed by atoms with Crippen molar-refractivity contribution in [3.05, 3.63) is 45.7 Å². The third kappa shape index (κ3) is 3.46. The van der Waals surface area contributed by atoms with Crippen molar-refractivity contribution in [2.24, 2.45) is 0 Å². The monoisotopic (exact) mass is 408 g/mol. The van der Waals surface area contributed by atoms with E-state index in [-0.39, 0.29) is 31.0 Å². The molecule has 1 aliphatic rings. The molecule has 0 aliphatic carbocycles. The van der Waals surface area contributed by atoms with Crippen LogP contribution in [0.25, 0.3) is 10.6 Å². The second-order valence-corrected chi connectivity index (χ2v) is 7.74. The number of hydrogen-bond acceptors (Lipinski definition) is 7. The summed E-state index contributed by atoms with van der Waals surface area (Å²) >= 11 is 7.24. The maximum Gasteiger partial charge on any atom is 0.354 e. The van der Waals surface area contributed by atoms with Crippen LogP contribution in [-0.2, 0) is 6.54 Å². The number of thiophene rings is 1. The van der Waals surface area contributed by atoms with E-state index >= 15 is 0 Å². The number of carbonyl (C=O) groups is 2. The Labute approximate surface area is 161 Å². The van der Waals surface area contributed by atoms with Gasteiger partial charge >= 0.3 is 5.97 Å². The number of hydrogen-bond donors (Lipinski definition) is 2. The van der Waals surface area contributed by atoms with Gasteiger partial charge in [-0.15, -0.1) is 11.3 Å². The van der Waals surface area contributed by atoms with Gasteiger partial charge in [0.15, 0.2) is 11.5 Å². The Morgan fingerprint density at radius 2 is 2.11 bits per heavy atom. The van der Waals surface area contributed by atoms with Crippen LogP contribution in [0.1, 0.15) is 26.7 Å². The Morgan fingerprint density at radius 1 is 1.33 bits per heavy atom. The Hall–Kier alpha value is -2.69. The molecule has 0 saturated carbocycles. The minimum atomic E-state index is -1.21.